The zero-order chi connectivity index (χ0) is 18.4. The largest absolute Gasteiger partial charge is 0.411 e. The van der Waals surface area contributed by atoms with Crippen molar-refractivity contribution in [3.8, 4) is 11.5 Å². The molecule has 7 nitrogen and oxygen atoms in total. The summed E-state index contributed by atoms with van der Waals surface area (Å²) >= 11 is 1.23. The van der Waals surface area contributed by atoms with Gasteiger partial charge >= 0.3 is 0 Å². The Labute approximate surface area is 156 Å². The maximum absolute atomic E-state index is 12.0. The van der Waals surface area contributed by atoms with Crippen molar-refractivity contribution < 1.29 is 14.0 Å². The molecule has 26 heavy (non-hydrogen) atoms. The van der Waals surface area contributed by atoms with Crippen LogP contribution in [0.2, 0.25) is 0 Å². The van der Waals surface area contributed by atoms with E-state index in [1.807, 2.05) is 6.07 Å². The van der Waals surface area contributed by atoms with Gasteiger partial charge in [-0.3, -0.25) is 9.59 Å². The third-order valence-corrected chi connectivity index (χ3v) is 4.95. The van der Waals surface area contributed by atoms with Crippen LogP contribution in [-0.2, 0) is 9.59 Å². The lowest BCUT2D eigenvalue weighted by molar-refractivity contribution is -0.119. The molecule has 2 aromatic rings. The van der Waals surface area contributed by atoms with Crippen molar-refractivity contribution in [2.24, 2.45) is 0 Å². The molecular weight excluding hydrogens is 352 g/mol. The smallest absolute Gasteiger partial charge is 0.277 e. The third-order valence-electron chi connectivity index (χ3n) is 4.13. The van der Waals surface area contributed by atoms with Gasteiger partial charge in [0.25, 0.3) is 5.22 Å². The maximum atomic E-state index is 12.0. The molecule has 1 fully saturated rings. The van der Waals surface area contributed by atoms with E-state index in [1.165, 1.54) is 37.9 Å². The number of rotatable bonds is 6. The molecule has 1 saturated carbocycles. The van der Waals surface area contributed by atoms with Crippen molar-refractivity contribution in [1.29, 1.82) is 0 Å². The lowest BCUT2D eigenvalue weighted by Crippen LogP contribution is -2.37. The van der Waals surface area contributed by atoms with Crippen molar-refractivity contribution in [1.82, 2.24) is 15.5 Å². The average molecular weight is 374 g/mol. The van der Waals surface area contributed by atoms with Gasteiger partial charge < -0.3 is 15.1 Å². The Hall–Kier alpha value is -2.35. The number of amides is 2. The maximum Gasteiger partial charge on any atom is 0.277 e. The highest BCUT2D eigenvalue weighted by Crippen LogP contribution is 2.25. The van der Waals surface area contributed by atoms with Crippen LogP contribution in [0.25, 0.3) is 11.5 Å². The van der Waals surface area contributed by atoms with E-state index in [2.05, 4.69) is 20.8 Å². The quantitative estimate of drug-likeness (QED) is 0.754. The average Bonchev–Trinajstić information content (AvgIpc) is 3.10. The van der Waals surface area contributed by atoms with Crippen LogP contribution < -0.4 is 10.6 Å². The summed E-state index contributed by atoms with van der Waals surface area (Å²) in [4.78, 5) is 23.2. The SMILES string of the molecule is CC(=O)Nc1cccc(-c2nnc(SCC(=O)NC3CCCCC3)o2)c1. The standard InChI is InChI=1S/C18H22N4O3S/c1-12(23)19-15-9-5-6-13(10-15)17-21-22-18(25-17)26-11-16(24)20-14-7-3-2-4-8-14/h5-6,9-10,14H,2-4,7-8,11H2,1H3,(H,19,23)(H,20,24). The van der Waals surface area contributed by atoms with Gasteiger partial charge in [0, 0.05) is 24.2 Å². The predicted octanol–water partition coefficient (Wildman–Crippen LogP) is 3.24. The van der Waals surface area contributed by atoms with Gasteiger partial charge in [0.1, 0.15) is 0 Å². The van der Waals surface area contributed by atoms with Crippen molar-refractivity contribution in [3.63, 3.8) is 0 Å². The first-order valence-corrected chi connectivity index (χ1v) is 9.72. The minimum Gasteiger partial charge on any atom is -0.411 e. The number of hydrogen-bond donors (Lipinski definition) is 2. The van der Waals surface area contributed by atoms with Crippen LogP contribution >= 0.6 is 11.8 Å². The number of hydrogen-bond acceptors (Lipinski definition) is 6. The number of carbonyl (C=O) groups is 2. The molecule has 2 N–H and O–H groups in total. The van der Waals surface area contributed by atoms with Crippen LogP contribution in [0.5, 0.6) is 0 Å². The molecule has 1 aromatic heterocycles. The van der Waals surface area contributed by atoms with Crippen LogP contribution in [0, 0.1) is 0 Å². The molecule has 0 spiro atoms. The molecule has 138 valence electrons. The Morgan fingerprint density at radius 1 is 1.23 bits per heavy atom. The van der Waals surface area contributed by atoms with E-state index in [4.69, 9.17) is 4.42 Å². The lowest BCUT2D eigenvalue weighted by atomic mass is 9.95. The topological polar surface area (TPSA) is 97.1 Å². The number of nitrogens with zero attached hydrogens (tertiary/aromatic N) is 2. The van der Waals surface area contributed by atoms with Gasteiger partial charge in [-0.25, -0.2) is 0 Å². The predicted molar refractivity (Wildman–Crippen MR) is 99.8 cm³/mol. The minimum atomic E-state index is -0.145. The number of anilines is 1. The van der Waals surface area contributed by atoms with Crippen molar-refractivity contribution in [2.75, 3.05) is 11.1 Å². The summed E-state index contributed by atoms with van der Waals surface area (Å²) in [5.41, 5.74) is 1.37. The summed E-state index contributed by atoms with van der Waals surface area (Å²) < 4.78 is 5.62. The molecule has 0 atom stereocenters. The Morgan fingerprint density at radius 3 is 2.81 bits per heavy atom. The molecule has 1 aliphatic carbocycles. The zero-order valence-corrected chi connectivity index (χ0v) is 15.5. The van der Waals surface area contributed by atoms with E-state index >= 15 is 0 Å². The summed E-state index contributed by atoms with van der Waals surface area (Å²) in [5.74, 6) is 0.457. The van der Waals surface area contributed by atoms with Gasteiger partial charge in [-0.1, -0.05) is 37.1 Å². The van der Waals surface area contributed by atoms with Crippen molar-refractivity contribution in [2.45, 2.75) is 50.3 Å². The third kappa shape index (κ3) is 5.32. The van der Waals surface area contributed by atoms with E-state index in [1.54, 1.807) is 18.2 Å². The Bertz CT molecular complexity index is 771. The molecule has 0 aliphatic heterocycles. The van der Waals surface area contributed by atoms with Gasteiger partial charge in [-0.15, -0.1) is 10.2 Å². The second kappa shape index (κ2) is 8.84. The van der Waals surface area contributed by atoms with Gasteiger partial charge in [0.15, 0.2) is 0 Å². The Balaban J connectivity index is 1.54. The Morgan fingerprint density at radius 2 is 2.04 bits per heavy atom. The number of nitrogens with one attached hydrogen (secondary N) is 2. The fourth-order valence-electron chi connectivity index (χ4n) is 2.96. The summed E-state index contributed by atoms with van der Waals surface area (Å²) in [6.45, 7) is 1.45. The molecule has 1 aromatic carbocycles. The summed E-state index contributed by atoms with van der Waals surface area (Å²) in [6.07, 6.45) is 5.75. The number of benzene rings is 1. The van der Waals surface area contributed by atoms with E-state index < -0.39 is 0 Å². The van der Waals surface area contributed by atoms with E-state index in [-0.39, 0.29) is 17.6 Å². The second-order valence-electron chi connectivity index (χ2n) is 6.33. The van der Waals surface area contributed by atoms with Crippen LogP contribution in [-0.4, -0.2) is 33.8 Å². The normalized spacial score (nSPS) is 14.8. The first-order chi connectivity index (χ1) is 12.6. The molecule has 0 bridgehead atoms. The molecule has 1 aliphatic rings. The summed E-state index contributed by atoms with van der Waals surface area (Å²) in [6, 6.07) is 7.47. The number of thioether (sulfide) groups is 1. The van der Waals surface area contributed by atoms with E-state index in [0.29, 0.717) is 28.4 Å². The minimum absolute atomic E-state index is 0.00527. The van der Waals surface area contributed by atoms with E-state index in [9.17, 15) is 9.59 Å². The second-order valence-corrected chi connectivity index (χ2v) is 7.25. The fraction of sp³-hybridized carbons (Fsp3) is 0.444. The van der Waals surface area contributed by atoms with Crippen LogP contribution in [0.4, 0.5) is 5.69 Å². The Kier molecular flexibility index (Phi) is 6.27. The first-order valence-electron chi connectivity index (χ1n) is 8.74. The lowest BCUT2D eigenvalue weighted by Gasteiger charge is -2.22. The van der Waals surface area contributed by atoms with Crippen molar-refractivity contribution >= 4 is 29.3 Å². The molecule has 1 heterocycles. The van der Waals surface area contributed by atoms with Crippen LogP contribution in [0.15, 0.2) is 33.9 Å². The fourth-order valence-corrected chi connectivity index (χ4v) is 3.54. The van der Waals surface area contributed by atoms with Gasteiger partial charge in [0.2, 0.25) is 17.7 Å². The molecular formula is C18H22N4O3S. The molecule has 2 amide bonds. The summed E-state index contributed by atoms with van der Waals surface area (Å²) in [5, 5.41) is 14.1. The molecule has 3 rings (SSSR count). The van der Waals surface area contributed by atoms with Gasteiger partial charge in [-0.2, -0.15) is 0 Å². The van der Waals surface area contributed by atoms with Gasteiger partial charge in [0.05, 0.1) is 5.75 Å². The molecule has 0 saturated heterocycles. The van der Waals surface area contributed by atoms with E-state index in [0.717, 1.165) is 12.8 Å². The first kappa shape index (κ1) is 18.4. The van der Waals surface area contributed by atoms with Crippen LogP contribution in [0.3, 0.4) is 0 Å². The molecule has 0 unspecified atom stereocenters. The highest BCUT2D eigenvalue weighted by atomic mass is 32.2. The zero-order valence-electron chi connectivity index (χ0n) is 14.7. The number of aromatic nitrogens is 2. The summed E-state index contributed by atoms with van der Waals surface area (Å²) in [7, 11) is 0. The molecule has 0 radical (unpaired) electrons. The van der Waals surface area contributed by atoms with Gasteiger partial charge in [-0.05, 0) is 31.0 Å². The monoisotopic (exact) mass is 374 g/mol. The molecule has 8 heteroatoms. The number of carbonyl (C=O) groups excluding carboxylic acids is 2. The van der Waals surface area contributed by atoms with Crippen molar-refractivity contribution in [3.05, 3.63) is 24.3 Å². The highest BCUT2D eigenvalue weighted by Gasteiger charge is 2.17. The highest BCUT2D eigenvalue weighted by molar-refractivity contribution is 7.99. The van der Waals surface area contributed by atoms with Crippen LogP contribution in [0.1, 0.15) is 39.0 Å².